The molecule has 7 nitrogen and oxygen atoms in total. The van der Waals surface area contributed by atoms with E-state index >= 15 is 0 Å². The van der Waals surface area contributed by atoms with Gasteiger partial charge in [0.05, 0.1) is 19.3 Å². The van der Waals surface area contributed by atoms with E-state index in [-0.39, 0.29) is 17.8 Å². The lowest BCUT2D eigenvalue weighted by molar-refractivity contribution is -0.151. The molecule has 0 saturated heterocycles. The number of nitrogens with one attached hydrogen (secondary N) is 1. The second-order valence-electron chi connectivity index (χ2n) is 10.1. The lowest BCUT2D eigenvalue weighted by atomic mass is 9.69. The van der Waals surface area contributed by atoms with Crippen molar-refractivity contribution in [3.05, 3.63) is 52.4 Å². The molecular formula is C29H37NO6. The van der Waals surface area contributed by atoms with E-state index in [2.05, 4.69) is 5.32 Å². The van der Waals surface area contributed by atoms with Gasteiger partial charge in [0.2, 0.25) is 0 Å². The lowest BCUT2D eigenvalue weighted by Gasteiger charge is -2.38. The number of hydrogen-bond donors (Lipinski definition) is 1. The van der Waals surface area contributed by atoms with Crippen LogP contribution >= 0.6 is 0 Å². The minimum atomic E-state index is -0.904. The van der Waals surface area contributed by atoms with E-state index in [1.807, 2.05) is 45.0 Å². The van der Waals surface area contributed by atoms with E-state index in [4.69, 9.17) is 14.2 Å². The van der Waals surface area contributed by atoms with E-state index in [0.717, 1.165) is 49.8 Å². The zero-order chi connectivity index (χ0) is 25.8. The maximum atomic E-state index is 13.8. The number of ketones is 1. The molecule has 1 aromatic carbocycles. The van der Waals surface area contributed by atoms with Crippen molar-refractivity contribution in [2.45, 2.75) is 77.7 Å². The average molecular weight is 496 g/mol. The van der Waals surface area contributed by atoms with Gasteiger partial charge in [0.15, 0.2) is 5.78 Å². The van der Waals surface area contributed by atoms with Crippen LogP contribution in [0.25, 0.3) is 0 Å². The lowest BCUT2D eigenvalue weighted by Crippen LogP contribution is -2.43. The molecule has 0 aromatic heterocycles. The molecule has 0 spiro atoms. The number of dihydropyridines is 1. The second kappa shape index (κ2) is 11.3. The zero-order valence-electron chi connectivity index (χ0n) is 21.7. The van der Waals surface area contributed by atoms with E-state index in [9.17, 15) is 14.4 Å². The Bertz CT molecular complexity index is 1060. The molecule has 1 aromatic rings. The van der Waals surface area contributed by atoms with Gasteiger partial charge in [0.1, 0.15) is 17.8 Å². The number of allylic oxidation sites excluding steroid dienone is 3. The summed E-state index contributed by atoms with van der Waals surface area (Å²) < 4.78 is 16.6. The molecule has 1 heterocycles. The SMILES string of the molecule is CCOc1ccc(C2C(C(=O)OC3CCCCCC3)=C(C)NC3=C2C(=O)C(C(=O)OC)C(C)C3)cc1. The fraction of sp³-hybridized carbons (Fsp3) is 0.552. The van der Waals surface area contributed by atoms with Crippen LogP contribution in [0.3, 0.4) is 0 Å². The van der Waals surface area contributed by atoms with Crippen molar-refractivity contribution in [3.8, 4) is 5.75 Å². The number of carbonyl (C=O) groups is 3. The number of methoxy groups -OCH3 is 1. The molecule has 1 saturated carbocycles. The van der Waals surface area contributed by atoms with Gasteiger partial charge in [0.25, 0.3) is 0 Å². The summed E-state index contributed by atoms with van der Waals surface area (Å²) in [4.78, 5) is 40.1. The van der Waals surface area contributed by atoms with Crippen molar-refractivity contribution in [2.24, 2.45) is 11.8 Å². The highest BCUT2D eigenvalue weighted by molar-refractivity contribution is 6.12. The van der Waals surface area contributed by atoms with Crippen molar-refractivity contribution in [1.29, 1.82) is 0 Å². The summed E-state index contributed by atoms with van der Waals surface area (Å²) in [5, 5.41) is 3.33. The van der Waals surface area contributed by atoms with Crippen LogP contribution in [-0.2, 0) is 23.9 Å². The molecule has 3 unspecified atom stereocenters. The van der Waals surface area contributed by atoms with Gasteiger partial charge in [-0.05, 0) is 69.6 Å². The van der Waals surface area contributed by atoms with Crippen LogP contribution in [0.15, 0.2) is 46.8 Å². The summed E-state index contributed by atoms with van der Waals surface area (Å²) in [6, 6.07) is 7.46. The zero-order valence-corrected chi connectivity index (χ0v) is 21.7. The van der Waals surface area contributed by atoms with Crippen LogP contribution in [-0.4, -0.2) is 37.5 Å². The van der Waals surface area contributed by atoms with Gasteiger partial charge in [0, 0.05) is 22.9 Å². The Hall–Kier alpha value is -3.09. The number of hydrogen-bond acceptors (Lipinski definition) is 7. The quantitative estimate of drug-likeness (QED) is 0.339. The van der Waals surface area contributed by atoms with Crippen LogP contribution in [0.1, 0.15) is 77.2 Å². The average Bonchev–Trinajstić information content (AvgIpc) is 3.12. The highest BCUT2D eigenvalue weighted by Crippen LogP contribution is 2.46. The third-order valence-electron chi connectivity index (χ3n) is 7.56. The third-order valence-corrected chi connectivity index (χ3v) is 7.56. The van der Waals surface area contributed by atoms with Gasteiger partial charge in [-0.15, -0.1) is 0 Å². The van der Waals surface area contributed by atoms with E-state index in [0.29, 0.717) is 35.6 Å². The van der Waals surface area contributed by atoms with Crippen LogP contribution in [0.4, 0.5) is 0 Å². The molecule has 36 heavy (non-hydrogen) atoms. The molecule has 194 valence electrons. The molecule has 7 heteroatoms. The monoisotopic (exact) mass is 495 g/mol. The van der Waals surface area contributed by atoms with Gasteiger partial charge in [-0.2, -0.15) is 0 Å². The molecule has 1 aliphatic heterocycles. The van der Waals surface area contributed by atoms with Crippen molar-refractivity contribution >= 4 is 17.7 Å². The van der Waals surface area contributed by atoms with Crippen molar-refractivity contribution in [3.63, 3.8) is 0 Å². The largest absolute Gasteiger partial charge is 0.494 e. The second-order valence-corrected chi connectivity index (χ2v) is 10.1. The summed E-state index contributed by atoms with van der Waals surface area (Å²) >= 11 is 0. The Morgan fingerprint density at radius 2 is 1.72 bits per heavy atom. The normalized spacial score (nSPS) is 25.0. The summed E-state index contributed by atoms with van der Waals surface area (Å²) in [6.45, 7) is 6.19. The predicted octanol–water partition coefficient (Wildman–Crippen LogP) is 4.96. The molecule has 2 aliphatic carbocycles. The van der Waals surface area contributed by atoms with Crippen molar-refractivity contribution in [1.82, 2.24) is 5.32 Å². The Morgan fingerprint density at radius 3 is 2.33 bits per heavy atom. The molecule has 3 aliphatic rings. The number of carbonyl (C=O) groups excluding carboxylic acids is 3. The van der Waals surface area contributed by atoms with Crippen molar-refractivity contribution < 1.29 is 28.6 Å². The number of benzene rings is 1. The fourth-order valence-corrected chi connectivity index (χ4v) is 5.78. The summed E-state index contributed by atoms with van der Waals surface area (Å²) in [5.41, 5.74) is 3.10. The number of rotatable bonds is 6. The standard InChI is InChI=1S/C29H37NO6/c1-5-35-20-14-12-19(13-15-20)25-24(29(33)36-21-10-8-6-7-9-11-21)18(3)30-22-16-17(2)23(28(32)34-4)27(31)26(22)25/h12-15,17,21,23,25,30H,5-11,16H2,1-4H3. The first-order valence-corrected chi connectivity index (χ1v) is 13.1. The van der Waals surface area contributed by atoms with E-state index in [1.165, 1.54) is 7.11 Å². The number of esters is 2. The fourth-order valence-electron chi connectivity index (χ4n) is 5.78. The highest BCUT2D eigenvalue weighted by Gasteiger charge is 2.47. The van der Waals surface area contributed by atoms with Crippen LogP contribution in [0, 0.1) is 11.8 Å². The molecule has 0 bridgehead atoms. The Balaban J connectivity index is 1.76. The first-order chi connectivity index (χ1) is 17.3. The Kier molecular flexibility index (Phi) is 8.17. The van der Waals surface area contributed by atoms with E-state index in [1.54, 1.807) is 0 Å². The van der Waals surface area contributed by atoms with Gasteiger partial charge in [-0.25, -0.2) is 4.79 Å². The molecule has 0 radical (unpaired) electrons. The molecule has 3 atom stereocenters. The smallest absolute Gasteiger partial charge is 0.337 e. The number of ether oxygens (including phenoxy) is 3. The van der Waals surface area contributed by atoms with Crippen LogP contribution in [0.2, 0.25) is 0 Å². The van der Waals surface area contributed by atoms with Gasteiger partial charge >= 0.3 is 11.9 Å². The third kappa shape index (κ3) is 5.20. The number of Topliss-reactive ketones (excluding diaryl/α,β-unsaturated/α-hetero) is 1. The first-order valence-electron chi connectivity index (χ1n) is 13.1. The van der Waals surface area contributed by atoms with Gasteiger partial charge in [-0.1, -0.05) is 31.9 Å². The Morgan fingerprint density at radius 1 is 1.06 bits per heavy atom. The van der Waals surface area contributed by atoms with E-state index < -0.39 is 23.8 Å². The maximum Gasteiger partial charge on any atom is 0.337 e. The summed E-state index contributed by atoms with van der Waals surface area (Å²) in [6.07, 6.45) is 6.50. The van der Waals surface area contributed by atoms with Gasteiger partial charge < -0.3 is 19.5 Å². The molecule has 0 amide bonds. The van der Waals surface area contributed by atoms with Crippen LogP contribution < -0.4 is 10.1 Å². The molecule has 1 N–H and O–H groups in total. The van der Waals surface area contributed by atoms with Gasteiger partial charge in [-0.3, -0.25) is 9.59 Å². The van der Waals surface area contributed by atoms with Crippen molar-refractivity contribution in [2.75, 3.05) is 13.7 Å². The Labute approximate surface area is 213 Å². The predicted molar refractivity (Wildman–Crippen MR) is 135 cm³/mol. The minimum absolute atomic E-state index is 0.124. The molecular weight excluding hydrogens is 458 g/mol. The summed E-state index contributed by atoms with van der Waals surface area (Å²) in [5.74, 6) is -2.29. The molecule has 4 rings (SSSR count). The van der Waals surface area contributed by atoms with Crippen LogP contribution in [0.5, 0.6) is 5.75 Å². The minimum Gasteiger partial charge on any atom is -0.494 e. The maximum absolute atomic E-state index is 13.8. The first kappa shape index (κ1) is 26.0. The summed E-state index contributed by atoms with van der Waals surface area (Å²) in [7, 11) is 1.30. The molecule has 1 fully saturated rings. The topological polar surface area (TPSA) is 90.9 Å². The highest BCUT2D eigenvalue weighted by atomic mass is 16.5.